The molecule has 0 unspecified atom stereocenters. The van der Waals surface area contributed by atoms with Gasteiger partial charge in [-0.1, -0.05) is 24.6 Å². The van der Waals surface area contributed by atoms with Gasteiger partial charge in [0.25, 0.3) is 0 Å². The van der Waals surface area contributed by atoms with Gasteiger partial charge in [0, 0.05) is 10.7 Å². The molecule has 0 bridgehead atoms. The Morgan fingerprint density at radius 3 is 2.72 bits per heavy atom. The number of hydrogen-bond donors (Lipinski definition) is 2. The molecule has 0 spiro atoms. The zero-order valence-corrected chi connectivity index (χ0v) is 10.8. The lowest BCUT2D eigenvalue weighted by atomic mass is 10.2. The number of nitrogens with one attached hydrogen (secondary N) is 1. The van der Waals surface area contributed by atoms with Crippen LogP contribution in [0.15, 0.2) is 24.3 Å². The van der Waals surface area contributed by atoms with Gasteiger partial charge in [-0.25, -0.2) is 0 Å². The summed E-state index contributed by atoms with van der Waals surface area (Å²) in [6.07, 6.45) is 0. The lowest BCUT2D eigenvalue weighted by Gasteiger charge is -2.21. The molecule has 0 aliphatic carbocycles. The molecule has 0 saturated carbocycles. The Morgan fingerprint density at radius 1 is 1.44 bits per heavy atom. The number of halogens is 1. The Morgan fingerprint density at radius 2 is 2.17 bits per heavy atom. The molecule has 0 aliphatic heterocycles. The average molecular weight is 271 g/mol. The second-order valence-electron chi connectivity index (χ2n) is 3.63. The number of nitrogens with zero attached hydrogens (tertiary/aromatic N) is 1. The molecular formula is C12H15ClN2O3. The number of hydrogen-bond acceptors (Lipinski definition) is 3. The van der Waals surface area contributed by atoms with E-state index in [1.807, 2.05) is 6.92 Å². The first kappa shape index (κ1) is 14.5. The van der Waals surface area contributed by atoms with Crippen molar-refractivity contribution in [1.82, 2.24) is 5.32 Å². The van der Waals surface area contributed by atoms with Crippen LogP contribution >= 0.6 is 11.6 Å². The molecule has 1 rings (SSSR count). The third-order valence-electron chi connectivity index (χ3n) is 2.24. The highest BCUT2D eigenvalue weighted by Crippen LogP contribution is 2.19. The van der Waals surface area contributed by atoms with Crippen LogP contribution in [0, 0.1) is 0 Å². The van der Waals surface area contributed by atoms with Crippen LogP contribution in [0.4, 0.5) is 5.69 Å². The largest absolute Gasteiger partial charge is 0.480 e. The molecule has 0 radical (unpaired) electrons. The maximum Gasteiger partial charge on any atom is 0.323 e. The average Bonchev–Trinajstić information content (AvgIpc) is 2.32. The summed E-state index contributed by atoms with van der Waals surface area (Å²) in [6.45, 7) is 2.22. The van der Waals surface area contributed by atoms with Crippen molar-refractivity contribution in [3.8, 4) is 0 Å². The van der Waals surface area contributed by atoms with E-state index in [9.17, 15) is 9.59 Å². The molecule has 18 heavy (non-hydrogen) atoms. The monoisotopic (exact) mass is 270 g/mol. The maximum atomic E-state index is 11.9. The van der Waals surface area contributed by atoms with Gasteiger partial charge in [0.05, 0.1) is 6.54 Å². The molecule has 1 amide bonds. The Labute approximate surface area is 110 Å². The Bertz CT molecular complexity index is 437. The van der Waals surface area contributed by atoms with E-state index in [0.29, 0.717) is 17.3 Å². The number of likely N-dealkylation sites (N-methyl/N-ethyl adjacent to an activating group) is 1. The molecule has 0 aromatic heterocycles. The summed E-state index contributed by atoms with van der Waals surface area (Å²) >= 11 is 5.83. The molecule has 0 aliphatic rings. The zero-order chi connectivity index (χ0) is 13.5. The molecule has 0 saturated heterocycles. The second kappa shape index (κ2) is 6.98. The van der Waals surface area contributed by atoms with E-state index in [-0.39, 0.29) is 19.0 Å². The number of amides is 1. The number of carbonyl (C=O) groups excluding carboxylic acids is 1. The maximum absolute atomic E-state index is 11.9. The van der Waals surface area contributed by atoms with Crippen molar-refractivity contribution < 1.29 is 14.7 Å². The van der Waals surface area contributed by atoms with E-state index < -0.39 is 5.97 Å². The second-order valence-corrected chi connectivity index (χ2v) is 4.07. The summed E-state index contributed by atoms with van der Waals surface area (Å²) in [5, 5.41) is 12.2. The fourth-order valence-corrected chi connectivity index (χ4v) is 1.61. The molecular weight excluding hydrogens is 256 g/mol. The normalized spacial score (nSPS) is 10.1. The Hall–Kier alpha value is -1.59. The highest BCUT2D eigenvalue weighted by Gasteiger charge is 2.18. The Kier molecular flexibility index (Phi) is 5.61. The standard InChI is InChI=1S/C12H15ClN2O3/c1-2-14-7-11(16)15(8-12(17)18)10-5-3-4-9(13)6-10/h3-6,14H,2,7-8H2,1H3,(H,17,18). The van der Waals surface area contributed by atoms with E-state index in [0.717, 1.165) is 0 Å². The van der Waals surface area contributed by atoms with Crippen LogP contribution in [0.3, 0.4) is 0 Å². The smallest absolute Gasteiger partial charge is 0.323 e. The number of anilines is 1. The third kappa shape index (κ3) is 4.35. The lowest BCUT2D eigenvalue weighted by molar-refractivity contribution is -0.136. The summed E-state index contributed by atoms with van der Waals surface area (Å²) in [7, 11) is 0. The summed E-state index contributed by atoms with van der Waals surface area (Å²) in [5.41, 5.74) is 0.479. The quantitative estimate of drug-likeness (QED) is 0.819. The fraction of sp³-hybridized carbons (Fsp3) is 0.333. The van der Waals surface area contributed by atoms with Gasteiger partial charge < -0.3 is 15.3 Å². The highest BCUT2D eigenvalue weighted by atomic mass is 35.5. The van der Waals surface area contributed by atoms with Crippen LogP contribution in [-0.4, -0.2) is 36.6 Å². The van der Waals surface area contributed by atoms with E-state index in [2.05, 4.69) is 5.32 Å². The summed E-state index contributed by atoms with van der Waals surface area (Å²) in [5.74, 6) is -1.37. The predicted octanol–water partition coefficient (Wildman–Crippen LogP) is 1.37. The lowest BCUT2D eigenvalue weighted by Crippen LogP contribution is -2.41. The molecule has 6 heteroatoms. The summed E-state index contributed by atoms with van der Waals surface area (Å²) in [4.78, 5) is 23.9. The van der Waals surface area contributed by atoms with Crippen LogP contribution in [0.25, 0.3) is 0 Å². The van der Waals surface area contributed by atoms with Crippen molar-refractivity contribution in [2.75, 3.05) is 24.5 Å². The first-order valence-electron chi connectivity index (χ1n) is 5.53. The number of carbonyl (C=O) groups is 2. The van der Waals surface area contributed by atoms with Gasteiger partial charge in [0.1, 0.15) is 6.54 Å². The van der Waals surface area contributed by atoms with Crippen LogP contribution in [0.1, 0.15) is 6.92 Å². The molecule has 0 fully saturated rings. The first-order valence-corrected chi connectivity index (χ1v) is 5.90. The minimum atomic E-state index is -1.07. The number of carboxylic acid groups (broad SMARTS) is 1. The molecule has 0 heterocycles. The molecule has 0 atom stereocenters. The topological polar surface area (TPSA) is 69.6 Å². The molecule has 5 nitrogen and oxygen atoms in total. The van der Waals surface area contributed by atoms with Crippen molar-refractivity contribution >= 4 is 29.2 Å². The van der Waals surface area contributed by atoms with Crippen LogP contribution in [0.5, 0.6) is 0 Å². The van der Waals surface area contributed by atoms with E-state index in [1.54, 1.807) is 24.3 Å². The minimum absolute atomic E-state index is 0.0935. The van der Waals surface area contributed by atoms with Crippen LogP contribution < -0.4 is 10.2 Å². The van der Waals surface area contributed by atoms with Gasteiger partial charge >= 0.3 is 5.97 Å². The van der Waals surface area contributed by atoms with Crippen molar-refractivity contribution in [3.63, 3.8) is 0 Å². The Balaban J connectivity index is 2.90. The minimum Gasteiger partial charge on any atom is -0.480 e. The van der Waals surface area contributed by atoms with Gasteiger partial charge in [-0.3, -0.25) is 9.59 Å². The van der Waals surface area contributed by atoms with Gasteiger partial charge in [-0.05, 0) is 24.7 Å². The first-order chi connectivity index (χ1) is 8.54. The predicted molar refractivity (Wildman–Crippen MR) is 70.0 cm³/mol. The van der Waals surface area contributed by atoms with Crippen molar-refractivity contribution in [3.05, 3.63) is 29.3 Å². The third-order valence-corrected chi connectivity index (χ3v) is 2.48. The van der Waals surface area contributed by atoms with Gasteiger partial charge in [0.2, 0.25) is 5.91 Å². The van der Waals surface area contributed by atoms with Crippen molar-refractivity contribution in [2.24, 2.45) is 0 Å². The number of rotatable bonds is 6. The van der Waals surface area contributed by atoms with Crippen molar-refractivity contribution in [1.29, 1.82) is 0 Å². The van der Waals surface area contributed by atoms with Gasteiger partial charge in [-0.2, -0.15) is 0 Å². The van der Waals surface area contributed by atoms with Crippen LogP contribution in [-0.2, 0) is 9.59 Å². The zero-order valence-electron chi connectivity index (χ0n) is 10.0. The molecule has 2 N–H and O–H groups in total. The number of carboxylic acids is 1. The van der Waals surface area contributed by atoms with Crippen molar-refractivity contribution in [2.45, 2.75) is 6.92 Å². The number of benzene rings is 1. The van der Waals surface area contributed by atoms with E-state index in [4.69, 9.17) is 16.7 Å². The van der Waals surface area contributed by atoms with E-state index >= 15 is 0 Å². The summed E-state index contributed by atoms with van der Waals surface area (Å²) < 4.78 is 0. The number of aliphatic carboxylic acids is 1. The van der Waals surface area contributed by atoms with Crippen LogP contribution in [0.2, 0.25) is 5.02 Å². The molecule has 1 aromatic carbocycles. The van der Waals surface area contributed by atoms with E-state index in [1.165, 1.54) is 4.90 Å². The SMILES string of the molecule is CCNCC(=O)N(CC(=O)O)c1cccc(Cl)c1. The van der Waals surface area contributed by atoms with Gasteiger partial charge in [0.15, 0.2) is 0 Å². The molecule has 98 valence electrons. The molecule has 1 aromatic rings. The highest BCUT2D eigenvalue weighted by molar-refractivity contribution is 6.30. The fourth-order valence-electron chi connectivity index (χ4n) is 1.43. The summed E-state index contributed by atoms with van der Waals surface area (Å²) in [6, 6.07) is 6.55. The van der Waals surface area contributed by atoms with Gasteiger partial charge in [-0.15, -0.1) is 0 Å².